The van der Waals surface area contributed by atoms with Crippen molar-refractivity contribution in [3.63, 3.8) is 0 Å². The minimum atomic E-state index is 0.00463. The lowest BCUT2D eigenvalue weighted by atomic mass is 10.4. The van der Waals surface area contributed by atoms with Crippen LogP contribution in [-0.4, -0.2) is 32.6 Å². The van der Waals surface area contributed by atoms with Gasteiger partial charge in [-0.1, -0.05) is 0 Å². The molecular formula is C8H19NO2. The fourth-order valence-electron chi connectivity index (χ4n) is 0.0680. The molecule has 11 heavy (non-hydrogen) atoms. The van der Waals surface area contributed by atoms with Crippen LogP contribution in [0.2, 0.25) is 0 Å². The molecule has 68 valence electrons. The number of carbonyl (C=O) groups is 1. The molecule has 0 aliphatic carbocycles. The fourth-order valence-corrected chi connectivity index (χ4v) is 0.0680. The lowest BCUT2D eigenvalue weighted by Crippen LogP contribution is -2.21. The van der Waals surface area contributed by atoms with E-state index in [4.69, 9.17) is 4.74 Å². The van der Waals surface area contributed by atoms with Crippen LogP contribution in [0.1, 0.15) is 20.8 Å². The number of aldehydes is 1. The lowest BCUT2D eigenvalue weighted by molar-refractivity contribution is -0.109. The van der Waals surface area contributed by atoms with Crippen LogP contribution in [0.3, 0.4) is 0 Å². The summed E-state index contributed by atoms with van der Waals surface area (Å²) >= 11 is 0. The fraction of sp³-hybridized carbons (Fsp3) is 0.875. The van der Waals surface area contributed by atoms with Gasteiger partial charge < -0.3 is 14.8 Å². The average molecular weight is 161 g/mol. The van der Waals surface area contributed by atoms with E-state index >= 15 is 0 Å². The van der Waals surface area contributed by atoms with Crippen molar-refractivity contribution in [3.05, 3.63) is 0 Å². The minimum absolute atomic E-state index is 0.00463. The molecule has 0 radical (unpaired) electrons. The van der Waals surface area contributed by atoms with Gasteiger partial charge in [-0.3, -0.25) is 0 Å². The molecular weight excluding hydrogens is 142 g/mol. The summed E-state index contributed by atoms with van der Waals surface area (Å²) in [6.07, 6.45) is 1.25. The van der Waals surface area contributed by atoms with Gasteiger partial charge in [-0.2, -0.15) is 0 Å². The molecule has 1 atom stereocenters. The van der Waals surface area contributed by atoms with Crippen LogP contribution >= 0.6 is 0 Å². The summed E-state index contributed by atoms with van der Waals surface area (Å²) in [7, 11) is 3.45. The highest BCUT2D eigenvalue weighted by atomic mass is 16.5. The molecule has 0 saturated heterocycles. The third-order valence-electron chi connectivity index (χ3n) is 1.13. The van der Waals surface area contributed by atoms with Gasteiger partial charge in [0.25, 0.3) is 0 Å². The summed E-state index contributed by atoms with van der Waals surface area (Å²) in [6, 6.07) is 0.00463. The Morgan fingerprint density at radius 2 is 1.73 bits per heavy atom. The molecule has 0 bridgehead atoms. The van der Waals surface area contributed by atoms with Gasteiger partial charge in [0, 0.05) is 7.11 Å². The number of nitrogens with one attached hydrogen (secondary N) is 1. The Hall–Kier alpha value is -0.410. The van der Waals surface area contributed by atoms with E-state index in [1.165, 1.54) is 0 Å². The molecule has 0 aliphatic rings. The standard InChI is InChI=1S/C4H9NO.C4H10O/c1-4(3-6)5-2;1-4(2)5-3/h3-5H,1-2H3;4H,1-3H3. The first-order valence-corrected chi connectivity index (χ1v) is 3.73. The van der Waals surface area contributed by atoms with Gasteiger partial charge in [0.2, 0.25) is 0 Å². The van der Waals surface area contributed by atoms with Crippen molar-refractivity contribution < 1.29 is 9.53 Å². The first-order chi connectivity index (χ1) is 5.08. The van der Waals surface area contributed by atoms with E-state index in [0.717, 1.165) is 6.29 Å². The molecule has 0 aliphatic heterocycles. The van der Waals surface area contributed by atoms with Crippen molar-refractivity contribution in [1.29, 1.82) is 0 Å². The second kappa shape index (κ2) is 9.59. The maximum atomic E-state index is 9.67. The highest BCUT2D eigenvalue weighted by Gasteiger charge is 1.86. The number of rotatable bonds is 3. The van der Waals surface area contributed by atoms with E-state index in [1.807, 2.05) is 13.8 Å². The predicted molar refractivity (Wildman–Crippen MR) is 46.7 cm³/mol. The molecule has 3 heteroatoms. The number of ether oxygens (including phenoxy) is 1. The summed E-state index contributed by atoms with van der Waals surface area (Å²) in [4.78, 5) is 9.67. The molecule has 0 spiro atoms. The van der Waals surface area contributed by atoms with Crippen LogP contribution in [-0.2, 0) is 9.53 Å². The largest absolute Gasteiger partial charge is 0.382 e. The number of hydrogen-bond acceptors (Lipinski definition) is 3. The van der Waals surface area contributed by atoms with Crippen molar-refractivity contribution in [2.24, 2.45) is 0 Å². The van der Waals surface area contributed by atoms with E-state index < -0.39 is 0 Å². The number of carbonyl (C=O) groups excluding carboxylic acids is 1. The van der Waals surface area contributed by atoms with E-state index in [2.05, 4.69) is 5.32 Å². The van der Waals surface area contributed by atoms with E-state index in [0.29, 0.717) is 6.10 Å². The van der Waals surface area contributed by atoms with Crippen LogP contribution in [0.5, 0.6) is 0 Å². The third kappa shape index (κ3) is 17.7. The average Bonchev–Trinajstić information content (AvgIpc) is 2.04. The highest BCUT2D eigenvalue weighted by molar-refractivity contribution is 5.56. The number of methoxy groups -OCH3 is 1. The van der Waals surface area contributed by atoms with Crippen LogP contribution in [0.4, 0.5) is 0 Å². The van der Waals surface area contributed by atoms with Crippen LogP contribution in [0.15, 0.2) is 0 Å². The molecule has 1 N–H and O–H groups in total. The van der Waals surface area contributed by atoms with E-state index in [1.54, 1.807) is 21.1 Å². The van der Waals surface area contributed by atoms with Crippen LogP contribution < -0.4 is 5.32 Å². The molecule has 0 aromatic carbocycles. The first kappa shape index (κ1) is 13.2. The maximum absolute atomic E-state index is 9.67. The number of likely N-dealkylation sites (N-methyl/N-ethyl adjacent to an activating group) is 1. The van der Waals surface area contributed by atoms with Crippen molar-refractivity contribution in [2.45, 2.75) is 32.9 Å². The summed E-state index contributed by atoms with van der Waals surface area (Å²) in [6.45, 7) is 5.80. The quantitative estimate of drug-likeness (QED) is 0.623. The molecule has 0 rings (SSSR count). The van der Waals surface area contributed by atoms with E-state index in [-0.39, 0.29) is 6.04 Å². The molecule has 0 aromatic rings. The molecule has 0 fully saturated rings. The second-order valence-electron chi connectivity index (χ2n) is 2.50. The molecule has 3 nitrogen and oxygen atoms in total. The van der Waals surface area contributed by atoms with Crippen LogP contribution in [0.25, 0.3) is 0 Å². The Bertz CT molecular complexity index is 84.2. The molecule has 1 unspecified atom stereocenters. The zero-order chi connectivity index (χ0) is 9.28. The minimum Gasteiger partial charge on any atom is -0.382 e. The Morgan fingerprint density at radius 1 is 1.36 bits per heavy atom. The maximum Gasteiger partial charge on any atom is 0.136 e. The Morgan fingerprint density at radius 3 is 1.73 bits per heavy atom. The van der Waals surface area contributed by atoms with Gasteiger partial charge in [-0.15, -0.1) is 0 Å². The van der Waals surface area contributed by atoms with Gasteiger partial charge in [0.1, 0.15) is 6.29 Å². The Labute approximate surface area is 69.1 Å². The van der Waals surface area contributed by atoms with Crippen molar-refractivity contribution in [2.75, 3.05) is 14.2 Å². The SMILES string of the molecule is CNC(C)C=O.COC(C)C. The van der Waals surface area contributed by atoms with Crippen molar-refractivity contribution in [3.8, 4) is 0 Å². The zero-order valence-electron chi connectivity index (χ0n) is 8.05. The topological polar surface area (TPSA) is 38.3 Å². The number of hydrogen-bond donors (Lipinski definition) is 1. The Balaban J connectivity index is 0. The smallest absolute Gasteiger partial charge is 0.136 e. The molecule has 0 saturated carbocycles. The predicted octanol–water partition coefficient (Wildman–Crippen LogP) is 0.834. The summed E-state index contributed by atoms with van der Waals surface area (Å²) in [5.74, 6) is 0. The lowest BCUT2D eigenvalue weighted by Gasteiger charge is -1.94. The van der Waals surface area contributed by atoms with Gasteiger partial charge in [-0.05, 0) is 27.8 Å². The summed E-state index contributed by atoms with van der Waals surface area (Å²) in [5, 5.41) is 2.75. The van der Waals surface area contributed by atoms with Crippen LogP contribution in [0, 0.1) is 0 Å². The molecule has 0 heterocycles. The first-order valence-electron chi connectivity index (χ1n) is 3.73. The summed E-state index contributed by atoms with van der Waals surface area (Å²) in [5.41, 5.74) is 0. The second-order valence-corrected chi connectivity index (χ2v) is 2.50. The van der Waals surface area contributed by atoms with Crippen molar-refractivity contribution in [1.82, 2.24) is 5.32 Å². The Kier molecular flexibility index (Phi) is 11.5. The normalized spacial score (nSPS) is 11.8. The van der Waals surface area contributed by atoms with Gasteiger partial charge in [0.05, 0.1) is 12.1 Å². The molecule has 0 aromatic heterocycles. The third-order valence-corrected chi connectivity index (χ3v) is 1.13. The van der Waals surface area contributed by atoms with Gasteiger partial charge in [-0.25, -0.2) is 0 Å². The zero-order valence-corrected chi connectivity index (χ0v) is 8.05. The summed E-state index contributed by atoms with van der Waals surface area (Å²) < 4.78 is 4.75. The van der Waals surface area contributed by atoms with Gasteiger partial charge in [0.15, 0.2) is 0 Å². The monoisotopic (exact) mass is 161 g/mol. The van der Waals surface area contributed by atoms with Gasteiger partial charge >= 0.3 is 0 Å². The molecule has 0 amide bonds. The highest BCUT2D eigenvalue weighted by Crippen LogP contribution is 1.77. The van der Waals surface area contributed by atoms with Crippen molar-refractivity contribution >= 4 is 6.29 Å². The van der Waals surface area contributed by atoms with E-state index in [9.17, 15) is 4.79 Å².